The van der Waals surface area contributed by atoms with Crippen molar-refractivity contribution in [2.45, 2.75) is 49.6 Å². The van der Waals surface area contributed by atoms with Crippen LogP contribution in [0.2, 0.25) is 0 Å². The Morgan fingerprint density at radius 1 is 1.27 bits per heavy atom. The molecule has 0 aromatic heterocycles. The highest BCUT2D eigenvalue weighted by Crippen LogP contribution is 2.23. The van der Waals surface area contributed by atoms with E-state index >= 15 is 0 Å². The van der Waals surface area contributed by atoms with E-state index in [4.69, 9.17) is 5.11 Å². The lowest BCUT2D eigenvalue weighted by molar-refractivity contribution is -0.137. The Kier molecular flexibility index (Phi) is 5.58. The zero-order valence-electron chi connectivity index (χ0n) is 12.9. The summed E-state index contributed by atoms with van der Waals surface area (Å²) in [4.78, 5) is 13.4. The van der Waals surface area contributed by atoms with Crippen molar-refractivity contribution in [3.05, 3.63) is 29.8 Å². The summed E-state index contributed by atoms with van der Waals surface area (Å²) in [7, 11) is -3.16. The van der Waals surface area contributed by atoms with E-state index in [1.54, 1.807) is 12.1 Å². The van der Waals surface area contributed by atoms with Crippen LogP contribution in [0, 0.1) is 0 Å². The molecule has 0 spiro atoms. The molecule has 1 unspecified atom stereocenters. The fourth-order valence-corrected chi connectivity index (χ4v) is 3.59. The largest absolute Gasteiger partial charge is 0.481 e. The zero-order valence-corrected chi connectivity index (χ0v) is 13.7. The van der Waals surface area contributed by atoms with Gasteiger partial charge in [0.05, 0.1) is 4.90 Å². The van der Waals surface area contributed by atoms with Crippen molar-refractivity contribution in [3.8, 4) is 0 Å². The predicted octanol–water partition coefficient (Wildman–Crippen LogP) is 2.31. The first-order valence-electron chi connectivity index (χ1n) is 7.61. The van der Waals surface area contributed by atoms with Crippen molar-refractivity contribution in [2.75, 3.05) is 12.8 Å². The third-order valence-electron chi connectivity index (χ3n) is 4.18. The van der Waals surface area contributed by atoms with Crippen LogP contribution in [-0.4, -0.2) is 43.2 Å². The van der Waals surface area contributed by atoms with E-state index in [1.165, 1.54) is 6.26 Å². The second-order valence-electron chi connectivity index (χ2n) is 5.97. The average molecular weight is 325 g/mol. The summed E-state index contributed by atoms with van der Waals surface area (Å²) in [5.74, 6) is -0.747. The molecule has 1 aromatic carbocycles. The number of nitrogens with zero attached hydrogens (tertiary/aromatic N) is 1. The van der Waals surface area contributed by atoms with Crippen LogP contribution in [0.5, 0.6) is 0 Å². The molecular formula is C16H23NO4S. The van der Waals surface area contributed by atoms with Gasteiger partial charge in [0.2, 0.25) is 0 Å². The van der Waals surface area contributed by atoms with E-state index in [0.29, 0.717) is 17.4 Å². The monoisotopic (exact) mass is 325 g/mol. The average Bonchev–Trinajstić information content (AvgIpc) is 2.46. The van der Waals surface area contributed by atoms with E-state index in [-0.39, 0.29) is 6.42 Å². The lowest BCUT2D eigenvalue weighted by Gasteiger charge is -2.35. The van der Waals surface area contributed by atoms with Gasteiger partial charge in [-0.3, -0.25) is 9.69 Å². The van der Waals surface area contributed by atoms with E-state index in [9.17, 15) is 13.2 Å². The highest BCUT2D eigenvalue weighted by atomic mass is 32.2. The van der Waals surface area contributed by atoms with Crippen molar-refractivity contribution >= 4 is 15.8 Å². The molecule has 122 valence electrons. The van der Waals surface area contributed by atoms with Crippen LogP contribution in [-0.2, 0) is 21.2 Å². The first-order valence-corrected chi connectivity index (χ1v) is 9.50. The molecule has 1 N–H and O–H groups in total. The number of carbonyl (C=O) groups is 1. The molecule has 22 heavy (non-hydrogen) atoms. The molecule has 0 amide bonds. The van der Waals surface area contributed by atoms with E-state index in [1.807, 2.05) is 12.1 Å². The van der Waals surface area contributed by atoms with Gasteiger partial charge in [0, 0.05) is 25.3 Å². The van der Waals surface area contributed by atoms with Crippen LogP contribution in [0.4, 0.5) is 0 Å². The number of hydrogen-bond donors (Lipinski definition) is 1. The number of carboxylic acid groups (broad SMARTS) is 1. The van der Waals surface area contributed by atoms with Crippen molar-refractivity contribution < 1.29 is 18.3 Å². The number of carboxylic acids is 1. The molecule has 1 atom stereocenters. The molecule has 0 saturated carbocycles. The summed E-state index contributed by atoms with van der Waals surface area (Å²) in [5.41, 5.74) is 1.06. The number of rotatable bonds is 6. The molecule has 1 saturated heterocycles. The van der Waals surface area contributed by atoms with E-state index in [2.05, 4.69) is 4.90 Å². The maximum Gasteiger partial charge on any atom is 0.303 e. The minimum Gasteiger partial charge on any atom is -0.481 e. The molecular weight excluding hydrogens is 302 g/mol. The minimum atomic E-state index is -3.16. The number of likely N-dealkylation sites (tertiary alicyclic amines) is 1. The predicted molar refractivity (Wildman–Crippen MR) is 84.5 cm³/mol. The van der Waals surface area contributed by atoms with Gasteiger partial charge >= 0.3 is 5.97 Å². The highest BCUT2D eigenvalue weighted by Gasteiger charge is 2.23. The first-order chi connectivity index (χ1) is 10.4. The maximum absolute atomic E-state index is 11.5. The molecule has 1 aromatic rings. The van der Waals surface area contributed by atoms with Crippen LogP contribution < -0.4 is 0 Å². The van der Waals surface area contributed by atoms with Crippen LogP contribution in [0.15, 0.2) is 29.2 Å². The molecule has 2 rings (SSSR count). The van der Waals surface area contributed by atoms with Crippen molar-refractivity contribution in [2.24, 2.45) is 0 Å². The second-order valence-corrected chi connectivity index (χ2v) is 7.98. The molecule has 1 heterocycles. The second kappa shape index (κ2) is 7.24. The van der Waals surface area contributed by atoms with Crippen LogP contribution in [0.3, 0.4) is 0 Å². The standard InChI is InChI=1S/C16H23NO4S/c1-22(20,21)15-8-5-13(6-9-15)12-17-11-3-2-4-14(17)7-10-16(18)19/h5-6,8-9,14H,2-4,7,10-12H2,1H3,(H,18,19). The van der Waals surface area contributed by atoms with Gasteiger partial charge in [-0.05, 0) is 43.5 Å². The molecule has 5 nitrogen and oxygen atoms in total. The van der Waals surface area contributed by atoms with Crippen LogP contribution in [0.1, 0.15) is 37.7 Å². The Morgan fingerprint density at radius 3 is 2.55 bits per heavy atom. The van der Waals surface area contributed by atoms with Gasteiger partial charge in [0.25, 0.3) is 0 Å². The Labute approximate surface area is 131 Å². The maximum atomic E-state index is 11.5. The van der Waals surface area contributed by atoms with Crippen molar-refractivity contribution in [3.63, 3.8) is 0 Å². The third kappa shape index (κ3) is 4.81. The van der Waals surface area contributed by atoms with Crippen molar-refractivity contribution in [1.29, 1.82) is 0 Å². The van der Waals surface area contributed by atoms with Crippen LogP contribution in [0.25, 0.3) is 0 Å². The van der Waals surface area contributed by atoms with Gasteiger partial charge in [-0.25, -0.2) is 8.42 Å². The normalized spacial score (nSPS) is 20.0. The minimum absolute atomic E-state index is 0.203. The fraction of sp³-hybridized carbons (Fsp3) is 0.562. The number of piperidine rings is 1. The molecule has 1 aliphatic rings. The van der Waals surface area contributed by atoms with E-state index in [0.717, 1.165) is 37.9 Å². The van der Waals surface area contributed by atoms with Gasteiger partial charge in [0.1, 0.15) is 0 Å². The van der Waals surface area contributed by atoms with Gasteiger partial charge in [-0.2, -0.15) is 0 Å². The van der Waals surface area contributed by atoms with Gasteiger partial charge in [-0.15, -0.1) is 0 Å². The number of aliphatic carboxylic acids is 1. The Bertz CT molecular complexity index is 610. The zero-order chi connectivity index (χ0) is 16.2. The fourth-order valence-electron chi connectivity index (χ4n) is 2.96. The van der Waals surface area contributed by atoms with Gasteiger partial charge in [0.15, 0.2) is 9.84 Å². The molecule has 0 bridgehead atoms. The molecule has 0 radical (unpaired) electrons. The van der Waals surface area contributed by atoms with Crippen LogP contribution >= 0.6 is 0 Å². The number of hydrogen-bond acceptors (Lipinski definition) is 4. The lowest BCUT2D eigenvalue weighted by Crippen LogP contribution is -2.39. The summed E-state index contributed by atoms with van der Waals surface area (Å²) in [6.07, 6.45) is 5.40. The first kappa shape index (κ1) is 17.0. The molecule has 6 heteroatoms. The molecule has 1 aliphatic heterocycles. The Balaban J connectivity index is 2.02. The molecule has 0 aliphatic carbocycles. The number of sulfone groups is 1. The third-order valence-corrected chi connectivity index (χ3v) is 5.31. The quantitative estimate of drug-likeness (QED) is 0.869. The summed E-state index contributed by atoms with van der Waals surface area (Å²) in [5, 5.41) is 8.85. The topological polar surface area (TPSA) is 74.7 Å². The van der Waals surface area contributed by atoms with Crippen molar-refractivity contribution in [1.82, 2.24) is 4.90 Å². The van der Waals surface area contributed by atoms with E-state index < -0.39 is 15.8 Å². The summed E-state index contributed by atoms with van der Waals surface area (Å²) < 4.78 is 22.9. The smallest absolute Gasteiger partial charge is 0.303 e. The van der Waals surface area contributed by atoms with Gasteiger partial charge in [-0.1, -0.05) is 18.6 Å². The lowest BCUT2D eigenvalue weighted by atomic mass is 9.97. The summed E-state index contributed by atoms with van der Waals surface area (Å²) in [6, 6.07) is 7.28. The molecule has 1 fully saturated rings. The van der Waals surface area contributed by atoms with Gasteiger partial charge < -0.3 is 5.11 Å². The Morgan fingerprint density at radius 2 is 1.95 bits per heavy atom. The number of benzene rings is 1. The summed E-state index contributed by atoms with van der Waals surface area (Å²) in [6.45, 7) is 1.71. The summed E-state index contributed by atoms with van der Waals surface area (Å²) >= 11 is 0. The Hall–Kier alpha value is -1.40. The SMILES string of the molecule is CS(=O)(=O)c1ccc(CN2CCCCC2CCC(=O)O)cc1. The highest BCUT2D eigenvalue weighted by molar-refractivity contribution is 7.90.